The maximum Gasteiger partial charge on any atom is 0.573 e. The average Bonchev–Trinajstić information content (AvgIpc) is 2.73. The van der Waals surface area contributed by atoms with Crippen molar-refractivity contribution in [2.45, 2.75) is 33.2 Å². The smallest absolute Gasteiger partial charge is 0.406 e. The van der Waals surface area contributed by atoms with E-state index in [-0.39, 0.29) is 24.3 Å². The maximum atomic E-state index is 12.5. The number of nitrogens with zero attached hydrogens (tertiary/aromatic N) is 3. The Morgan fingerprint density at radius 2 is 1.78 bits per heavy atom. The highest BCUT2D eigenvalue weighted by atomic mass is 19.4. The van der Waals surface area contributed by atoms with E-state index in [0.29, 0.717) is 28.7 Å². The van der Waals surface area contributed by atoms with Crippen LogP contribution in [0.4, 0.5) is 30.6 Å². The third-order valence-corrected chi connectivity index (χ3v) is 4.71. The van der Waals surface area contributed by atoms with Crippen molar-refractivity contribution < 1.29 is 23.0 Å². The highest BCUT2D eigenvalue weighted by molar-refractivity contribution is 5.68. The Labute approximate surface area is 183 Å². The first-order valence-electron chi connectivity index (χ1n) is 9.95. The van der Waals surface area contributed by atoms with Crippen LogP contribution in [-0.2, 0) is 0 Å². The number of alkyl halides is 3. The summed E-state index contributed by atoms with van der Waals surface area (Å²) in [6.45, 7) is 5.50. The van der Waals surface area contributed by atoms with Gasteiger partial charge in [-0.15, -0.1) is 13.2 Å². The quantitative estimate of drug-likeness (QED) is 0.451. The van der Waals surface area contributed by atoms with Gasteiger partial charge >= 0.3 is 6.36 Å². The molecule has 2 heterocycles. The summed E-state index contributed by atoms with van der Waals surface area (Å²) in [5.41, 5.74) is 2.53. The molecule has 0 saturated carbocycles. The highest BCUT2D eigenvalue weighted by Crippen LogP contribution is 2.29. The molecule has 0 amide bonds. The summed E-state index contributed by atoms with van der Waals surface area (Å²) >= 11 is 0. The number of aryl methyl sites for hydroxylation is 1. The van der Waals surface area contributed by atoms with Crippen LogP contribution in [0.2, 0.25) is 0 Å². The molecule has 10 heteroatoms. The van der Waals surface area contributed by atoms with Gasteiger partial charge < -0.3 is 20.5 Å². The molecule has 0 unspecified atom stereocenters. The number of aliphatic hydroxyl groups excluding tert-OH is 1. The number of hydrogen-bond acceptors (Lipinski definition) is 7. The Morgan fingerprint density at radius 1 is 1.06 bits per heavy atom. The van der Waals surface area contributed by atoms with E-state index >= 15 is 0 Å². The number of ether oxygens (including phenoxy) is 1. The zero-order valence-corrected chi connectivity index (χ0v) is 17.8. The fraction of sp³-hybridized carbons (Fsp3) is 0.318. The van der Waals surface area contributed by atoms with E-state index in [1.54, 1.807) is 37.5 Å². The lowest BCUT2D eigenvalue weighted by Crippen LogP contribution is -2.30. The second-order valence-corrected chi connectivity index (χ2v) is 7.52. The van der Waals surface area contributed by atoms with Crippen LogP contribution >= 0.6 is 0 Å². The summed E-state index contributed by atoms with van der Waals surface area (Å²) in [5.74, 6) is 0.574. The zero-order valence-electron chi connectivity index (χ0n) is 17.8. The van der Waals surface area contributed by atoms with Gasteiger partial charge in [-0.1, -0.05) is 13.8 Å². The van der Waals surface area contributed by atoms with Crippen LogP contribution in [0.3, 0.4) is 0 Å². The Morgan fingerprint density at radius 3 is 2.38 bits per heavy atom. The predicted octanol–water partition coefficient (Wildman–Crippen LogP) is 4.92. The number of pyridine rings is 1. The van der Waals surface area contributed by atoms with Crippen LogP contribution in [0.1, 0.15) is 19.4 Å². The Hall–Kier alpha value is -3.40. The van der Waals surface area contributed by atoms with E-state index in [2.05, 4.69) is 30.3 Å². The van der Waals surface area contributed by atoms with Crippen molar-refractivity contribution in [2.24, 2.45) is 5.92 Å². The van der Waals surface area contributed by atoms with Crippen LogP contribution in [0.25, 0.3) is 11.3 Å². The third-order valence-electron chi connectivity index (χ3n) is 4.71. The fourth-order valence-corrected chi connectivity index (χ4v) is 2.95. The van der Waals surface area contributed by atoms with E-state index in [1.807, 2.05) is 13.8 Å². The van der Waals surface area contributed by atoms with Gasteiger partial charge in [-0.3, -0.25) is 4.98 Å². The summed E-state index contributed by atoms with van der Waals surface area (Å²) in [4.78, 5) is 13.0. The maximum absolute atomic E-state index is 12.5. The molecule has 0 aliphatic heterocycles. The number of nitrogens with one attached hydrogen (secondary N) is 2. The van der Waals surface area contributed by atoms with Gasteiger partial charge in [0.25, 0.3) is 0 Å². The molecule has 0 saturated heterocycles. The minimum absolute atomic E-state index is 0.0942. The van der Waals surface area contributed by atoms with E-state index in [4.69, 9.17) is 0 Å². The predicted molar refractivity (Wildman–Crippen MR) is 116 cm³/mol. The Balaban J connectivity index is 1.94. The number of anilines is 3. The second-order valence-electron chi connectivity index (χ2n) is 7.52. The van der Waals surface area contributed by atoms with Gasteiger partial charge in [0.15, 0.2) is 0 Å². The summed E-state index contributed by atoms with van der Waals surface area (Å²) in [7, 11) is 0. The molecule has 1 aromatic carbocycles. The van der Waals surface area contributed by atoms with Crippen LogP contribution in [-0.4, -0.2) is 39.1 Å². The highest BCUT2D eigenvalue weighted by Gasteiger charge is 2.31. The molecule has 3 N–H and O–H groups in total. The van der Waals surface area contributed by atoms with Gasteiger partial charge in [0.05, 0.1) is 18.3 Å². The molecule has 0 radical (unpaired) electrons. The molecular weight excluding hydrogens is 423 g/mol. The first-order valence-corrected chi connectivity index (χ1v) is 9.95. The number of aliphatic hydroxyl groups is 1. The lowest BCUT2D eigenvalue weighted by molar-refractivity contribution is -0.274. The van der Waals surface area contributed by atoms with Crippen LogP contribution in [0.5, 0.6) is 5.75 Å². The number of benzene rings is 1. The Kier molecular flexibility index (Phi) is 7.14. The SMILES string of the molecule is Cc1cc(OC(F)(F)F)ccc1Nc1cc(-c2ccncc2)nc(N[C@@H](CO)C(C)C)n1. The molecule has 1 atom stereocenters. The van der Waals surface area contributed by atoms with Crippen LogP contribution < -0.4 is 15.4 Å². The topological polar surface area (TPSA) is 92.2 Å². The molecule has 0 fully saturated rings. The van der Waals surface area contributed by atoms with Crippen molar-refractivity contribution in [3.05, 3.63) is 54.4 Å². The zero-order chi connectivity index (χ0) is 23.3. The monoisotopic (exact) mass is 447 g/mol. The molecule has 0 aliphatic carbocycles. The molecule has 3 aromatic rings. The molecule has 170 valence electrons. The van der Waals surface area contributed by atoms with Crippen molar-refractivity contribution in [1.29, 1.82) is 0 Å². The normalized spacial score (nSPS) is 12.5. The number of aromatic nitrogens is 3. The minimum atomic E-state index is -4.76. The van der Waals surface area contributed by atoms with Gasteiger partial charge in [0, 0.05) is 29.7 Å². The van der Waals surface area contributed by atoms with Gasteiger partial charge in [-0.25, -0.2) is 4.98 Å². The number of halogens is 3. The molecule has 0 aliphatic rings. The summed E-state index contributed by atoms with van der Waals surface area (Å²) in [6, 6.07) is 9.09. The van der Waals surface area contributed by atoms with Gasteiger partial charge in [-0.2, -0.15) is 4.98 Å². The lowest BCUT2D eigenvalue weighted by Gasteiger charge is -2.21. The largest absolute Gasteiger partial charge is 0.573 e. The standard InChI is InChI=1S/C22H24F3N5O2/c1-13(2)19(12-31)29-21-28-18(15-6-8-26-9-7-15)11-20(30-21)27-17-5-4-16(10-14(17)3)32-22(23,24)25/h4-11,13,19,31H,12H2,1-3H3,(H2,27,28,29,30)/t19-/m0/s1. The lowest BCUT2D eigenvalue weighted by atomic mass is 10.1. The van der Waals surface area contributed by atoms with Crippen LogP contribution in [0, 0.1) is 12.8 Å². The van der Waals surface area contributed by atoms with Crippen molar-refractivity contribution in [2.75, 3.05) is 17.2 Å². The number of rotatable bonds is 8. The van der Waals surface area contributed by atoms with Crippen molar-refractivity contribution in [3.8, 4) is 17.0 Å². The molecule has 0 bridgehead atoms. The molecular formula is C22H24F3N5O2. The molecule has 0 spiro atoms. The second kappa shape index (κ2) is 9.82. The van der Waals surface area contributed by atoms with Gasteiger partial charge in [-0.05, 0) is 48.7 Å². The molecule has 3 rings (SSSR count). The van der Waals surface area contributed by atoms with Gasteiger partial charge in [0.1, 0.15) is 11.6 Å². The first kappa shape index (κ1) is 23.3. The summed E-state index contributed by atoms with van der Waals surface area (Å²) in [6.07, 6.45) is -1.47. The molecule has 32 heavy (non-hydrogen) atoms. The molecule has 7 nitrogen and oxygen atoms in total. The Bertz CT molecular complexity index is 1050. The van der Waals surface area contributed by atoms with E-state index in [0.717, 1.165) is 5.56 Å². The van der Waals surface area contributed by atoms with E-state index < -0.39 is 6.36 Å². The number of hydrogen-bond donors (Lipinski definition) is 3. The minimum Gasteiger partial charge on any atom is -0.406 e. The fourth-order valence-electron chi connectivity index (χ4n) is 2.95. The van der Waals surface area contributed by atoms with Crippen molar-refractivity contribution in [1.82, 2.24) is 15.0 Å². The molecule has 2 aromatic heterocycles. The van der Waals surface area contributed by atoms with Gasteiger partial charge in [0.2, 0.25) is 5.95 Å². The van der Waals surface area contributed by atoms with Crippen molar-refractivity contribution >= 4 is 17.5 Å². The van der Waals surface area contributed by atoms with E-state index in [9.17, 15) is 18.3 Å². The summed E-state index contributed by atoms with van der Waals surface area (Å²) in [5, 5.41) is 15.9. The third kappa shape index (κ3) is 6.30. The first-order chi connectivity index (χ1) is 15.1. The van der Waals surface area contributed by atoms with Crippen molar-refractivity contribution in [3.63, 3.8) is 0 Å². The average molecular weight is 447 g/mol. The van der Waals surface area contributed by atoms with Crippen LogP contribution in [0.15, 0.2) is 48.8 Å². The van der Waals surface area contributed by atoms with E-state index in [1.165, 1.54) is 18.2 Å². The summed E-state index contributed by atoms with van der Waals surface area (Å²) < 4.78 is 41.4.